The van der Waals surface area contributed by atoms with Gasteiger partial charge in [-0.25, -0.2) is 4.79 Å². The highest BCUT2D eigenvalue weighted by atomic mass is 16.5. The van der Waals surface area contributed by atoms with Crippen LogP contribution in [0.15, 0.2) is 0 Å². The Labute approximate surface area is 85.0 Å². The first kappa shape index (κ1) is 12.9. The number of carbonyl (C=O) groups is 1. The van der Waals surface area contributed by atoms with Crippen molar-refractivity contribution in [3.05, 3.63) is 0 Å². The van der Waals surface area contributed by atoms with Crippen molar-refractivity contribution < 1.29 is 14.3 Å². The molecule has 0 aromatic heterocycles. The molecular weight excluding hydrogens is 182 g/mol. The van der Waals surface area contributed by atoms with E-state index in [0.29, 0.717) is 18.9 Å². The van der Waals surface area contributed by atoms with Crippen LogP contribution in [0.2, 0.25) is 0 Å². The Hall–Kier alpha value is -1.06. The monoisotopic (exact) mass is 200 g/mol. The lowest BCUT2D eigenvalue weighted by Gasteiger charge is -2.14. The van der Waals surface area contributed by atoms with Crippen LogP contribution < -0.4 is 5.32 Å². The molecule has 4 heteroatoms. The van der Waals surface area contributed by atoms with E-state index in [2.05, 4.69) is 5.32 Å². The molecule has 0 heterocycles. The van der Waals surface area contributed by atoms with E-state index >= 15 is 0 Å². The minimum absolute atomic E-state index is 0.307. The number of ether oxygens (including phenoxy) is 1. The molecule has 0 aliphatic rings. The van der Waals surface area contributed by atoms with Crippen LogP contribution in [0.3, 0.4) is 0 Å². The predicted octanol–water partition coefficient (Wildman–Crippen LogP) is 1.01. The summed E-state index contributed by atoms with van der Waals surface area (Å²) in [5.41, 5.74) is 0. The molecule has 14 heavy (non-hydrogen) atoms. The predicted molar refractivity (Wildman–Crippen MR) is 53.3 cm³/mol. The molecule has 1 atom stereocenters. The van der Waals surface area contributed by atoms with Crippen LogP contribution in [0.1, 0.15) is 33.6 Å². The first-order valence-electron chi connectivity index (χ1n) is 4.91. The van der Waals surface area contributed by atoms with Gasteiger partial charge in [-0.05, 0) is 12.3 Å². The smallest absolute Gasteiger partial charge is 0.328 e. The van der Waals surface area contributed by atoms with Crippen LogP contribution >= 0.6 is 0 Å². The summed E-state index contributed by atoms with van der Waals surface area (Å²) in [5.74, 6) is -0.0645. The molecule has 81 valence electrons. The molecule has 0 fully saturated rings. The highest BCUT2D eigenvalue weighted by molar-refractivity contribution is 5.78. The largest absolute Gasteiger partial charge is 0.464 e. The van der Waals surface area contributed by atoms with Gasteiger partial charge in [0.25, 0.3) is 0 Å². The van der Waals surface area contributed by atoms with Crippen LogP contribution in [0.25, 0.3) is 0 Å². The van der Waals surface area contributed by atoms with E-state index in [9.17, 15) is 9.59 Å². The summed E-state index contributed by atoms with van der Waals surface area (Å²) in [6.07, 6.45) is 2.93. The van der Waals surface area contributed by atoms with E-state index in [4.69, 9.17) is 4.74 Å². The average Bonchev–Trinajstić information content (AvgIpc) is 2.14. The van der Waals surface area contributed by atoms with E-state index in [1.165, 1.54) is 6.41 Å². The standard InChI is InChI=1S/C10H18NO3/c1-4-5-9(11-7-12)10(13)14-6-8(2)3/h8-9H,4-6H2,1-3H3,(H,11,12). The van der Waals surface area contributed by atoms with Crippen molar-refractivity contribution in [1.82, 2.24) is 5.32 Å². The molecule has 0 rings (SSSR count). The number of rotatable bonds is 7. The van der Waals surface area contributed by atoms with Gasteiger partial charge in [0.15, 0.2) is 0 Å². The Morgan fingerprint density at radius 3 is 2.57 bits per heavy atom. The Balaban J connectivity index is 3.94. The summed E-state index contributed by atoms with van der Waals surface area (Å²) >= 11 is 0. The van der Waals surface area contributed by atoms with Gasteiger partial charge in [-0.15, -0.1) is 0 Å². The molecule has 0 bridgehead atoms. The molecule has 0 saturated heterocycles. The minimum atomic E-state index is -0.545. The Morgan fingerprint density at radius 2 is 2.14 bits per heavy atom. The van der Waals surface area contributed by atoms with Gasteiger partial charge in [-0.3, -0.25) is 4.79 Å². The van der Waals surface area contributed by atoms with E-state index in [1.54, 1.807) is 0 Å². The van der Waals surface area contributed by atoms with Crippen molar-refractivity contribution in [2.45, 2.75) is 39.7 Å². The van der Waals surface area contributed by atoms with E-state index < -0.39 is 6.04 Å². The zero-order chi connectivity index (χ0) is 11.0. The van der Waals surface area contributed by atoms with Crippen LogP contribution in [-0.4, -0.2) is 25.0 Å². The molecule has 1 amide bonds. The van der Waals surface area contributed by atoms with Crippen molar-refractivity contribution in [1.29, 1.82) is 0 Å². The molecule has 0 aromatic carbocycles. The normalized spacial score (nSPS) is 12.3. The fourth-order valence-electron chi connectivity index (χ4n) is 0.958. The van der Waals surface area contributed by atoms with Crippen LogP contribution in [0, 0.1) is 5.92 Å². The van der Waals surface area contributed by atoms with E-state index in [1.807, 2.05) is 20.8 Å². The summed E-state index contributed by atoms with van der Waals surface area (Å²) < 4.78 is 4.99. The number of hydrogen-bond acceptors (Lipinski definition) is 3. The molecule has 0 saturated carbocycles. The lowest BCUT2D eigenvalue weighted by Crippen LogP contribution is -2.37. The number of nitrogens with one attached hydrogen (secondary N) is 1. The van der Waals surface area contributed by atoms with Gasteiger partial charge >= 0.3 is 12.4 Å². The topological polar surface area (TPSA) is 55.4 Å². The SMILES string of the molecule is CCCC(N[C]=O)C(=O)OCC(C)C. The highest BCUT2D eigenvalue weighted by Crippen LogP contribution is 2.01. The van der Waals surface area contributed by atoms with E-state index in [-0.39, 0.29) is 5.97 Å². The van der Waals surface area contributed by atoms with Crippen LogP contribution in [0.4, 0.5) is 0 Å². The van der Waals surface area contributed by atoms with Gasteiger partial charge in [-0.1, -0.05) is 27.2 Å². The molecule has 4 nitrogen and oxygen atoms in total. The number of esters is 1. The zero-order valence-corrected chi connectivity index (χ0v) is 9.00. The van der Waals surface area contributed by atoms with Gasteiger partial charge in [0, 0.05) is 0 Å². The minimum Gasteiger partial charge on any atom is -0.464 e. The lowest BCUT2D eigenvalue weighted by molar-refractivity contribution is -0.147. The molecule has 0 aliphatic heterocycles. The number of amides is 1. The third kappa shape index (κ3) is 5.56. The van der Waals surface area contributed by atoms with Gasteiger partial charge < -0.3 is 10.1 Å². The first-order chi connectivity index (χ1) is 6.61. The molecular formula is C10H18NO3. The molecule has 1 unspecified atom stereocenters. The molecule has 1 N–H and O–H groups in total. The second-order valence-electron chi connectivity index (χ2n) is 3.61. The van der Waals surface area contributed by atoms with Crippen molar-refractivity contribution >= 4 is 12.4 Å². The fourth-order valence-corrected chi connectivity index (χ4v) is 0.958. The van der Waals surface area contributed by atoms with Crippen molar-refractivity contribution in [3.63, 3.8) is 0 Å². The van der Waals surface area contributed by atoms with Crippen molar-refractivity contribution in [3.8, 4) is 0 Å². The summed E-state index contributed by atoms with van der Waals surface area (Å²) in [4.78, 5) is 21.5. The zero-order valence-electron chi connectivity index (χ0n) is 9.00. The summed E-state index contributed by atoms with van der Waals surface area (Å²) in [6, 6.07) is -0.545. The number of carbonyl (C=O) groups excluding carboxylic acids is 2. The molecule has 0 spiro atoms. The molecule has 0 aliphatic carbocycles. The fraction of sp³-hybridized carbons (Fsp3) is 0.800. The quantitative estimate of drug-likeness (QED) is 0.493. The highest BCUT2D eigenvalue weighted by Gasteiger charge is 2.18. The molecule has 0 aromatic rings. The maximum atomic E-state index is 11.4. The van der Waals surface area contributed by atoms with Gasteiger partial charge in [-0.2, -0.15) is 0 Å². The van der Waals surface area contributed by atoms with Crippen molar-refractivity contribution in [2.24, 2.45) is 5.92 Å². The first-order valence-corrected chi connectivity index (χ1v) is 4.91. The lowest BCUT2D eigenvalue weighted by atomic mass is 10.2. The van der Waals surface area contributed by atoms with Gasteiger partial charge in [0.1, 0.15) is 6.04 Å². The van der Waals surface area contributed by atoms with Crippen LogP contribution in [-0.2, 0) is 14.3 Å². The van der Waals surface area contributed by atoms with Crippen molar-refractivity contribution in [2.75, 3.05) is 6.61 Å². The third-order valence-electron chi connectivity index (χ3n) is 1.65. The van der Waals surface area contributed by atoms with Crippen LogP contribution in [0.5, 0.6) is 0 Å². The Bertz CT molecular complexity index is 180. The third-order valence-corrected chi connectivity index (χ3v) is 1.65. The van der Waals surface area contributed by atoms with Gasteiger partial charge in [0.05, 0.1) is 6.61 Å². The summed E-state index contributed by atoms with van der Waals surface area (Å²) in [5, 5.41) is 2.33. The maximum absolute atomic E-state index is 11.4. The Kier molecular flexibility index (Phi) is 6.80. The maximum Gasteiger partial charge on any atom is 0.328 e. The Morgan fingerprint density at radius 1 is 1.50 bits per heavy atom. The molecule has 1 radical (unpaired) electrons. The average molecular weight is 200 g/mol. The van der Waals surface area contributed by atoms with Gasteiger partial charge in [0.2, 0.25) is 0 Å². The summed E-state index contributed by atoms with van der Waals surface area (Å²) in [6.45, 7) is 6.25. The number of hydrogen-bond donors (Lipinski definition) is 1. The van der Waals surface area contributed by atoms with E-state index in [0.717, 1.165) is 6.42 Å². The second kappa shape index (κ2) is 7.35. The second-order valence-corrected chi connectivity index (χ2v) is 3.61. The summed E-state index contributed by atoms with van der Waals surface area (Å²) in [7, 11) is 0.